The van der Waals surface area contributed by atoms with E-state index in [-0.39, 0.29) is 17.8 Å². The van der Waals surface area contributed by atoms with Gasteiger partial charge in [-0.1, -0.05) is 0 Å². The highest BCUT2D eigenvalue weighted by molar-refractivity contribution is 7.98. The van der Waals surface area contributed by atoms with Crippen LogP contribution in [0.3, 0.4) is 0 Å². The minimum Gasteiger partial charge on any atom is -0.386 e. The molecule has 5 nitrogen and oxygen atoms in total. The number of halogens is 3. The van der Waals surface area contributed by atoms with E-state index in [9.17, 15) is 28.4 Å². The molecule has 0 saturated carbocycles. The Morgan fingerprint density at radius 1 is 1.42 bits per heavy atom. The highest BCUT2D eigenvalue weighted by Crippen LogP contribution is 2.41. The van der Waals surface area contributed by atoms with Crippen LogP contribution in [0, 0.1) is 10.1 Å². The monoisotopic (exact) mass is 362 g/mol. The number of hydrogen-bond acceptors (Lipinski definition) is 5. The van der Waals surface area contributed by atoms with E-state index in [4.69, 9.17) is 0 Å². The number of nitrogens with one attached hydrogen (secondary N) is 1. The highest BCUT2D eigenvalue weighted by Gasteiger charge is 2.40. The van der Waals surface area contributed by atoms with Crippen LogP contribution in [0.25, 0.3) is 6.08 Å². The topological polar surface area (TPSA) is 75.4 Å². The van der Waals surface area contributed by atoms with Crippen LogP contribution in [-0.4, -0.2) is 34.2 Å². The van der Waals surface area contributed by atoms with Gasteiger partial charge in [-0.15, -0.1) is 0 Å². The minimum atomic E-state index is -4.81. The molecule has 24 heavy (non-hydrogen) atoms. The Hall–Kier alpha value is -1.74. The average molecular weight is 362 g/mol. The zero-order valence-electron chi connectivity index (χ0n) is 13.1. The minimum absolute atomic E-state index is 0.164. The number of aliphatic hydroxyl groups is 1. The number of nitro benzene ring substituents is 1. The van der Waals surface area contributed by atoms with Crippen molar-refractivity contribution in [3.05, 3.63) is 38.9 Å². The lowest BCUT2D eigenvalue weighted by Gasteiger charge is -2.30. The lowest BCUT2D eigenvalue weighted by Crippen LogP contribution is -2.33. The summed E-state index contributed by atoms with van der Waals surface area (Å²) in [4.78, 5) is 9.94. The highest BCUT2D eigenvalue weighted by atomic mass is 32.2. The molecule has 0 amide bonds. The lowest BCUT2D eigenvalue weighted by molar-refractivity contribution is -0.388. The average Bonchev–Trinajstić information content (AvgIpc) is 2.50. The van der Waals surface area contributed by atoms with Gasteiger partial charge in [0.15, 0.2) is 0 Å². The van der Waals surface area contributed by atoms with Gasteiger partial charge >= 0.3 is 6.18 Å². The first-order chi connectivity index (χ1) is 11.1. The van der Waals surface area contributed by atoms with Gasteiger partial charge in [-0.2, -0.15) is 24.9 Å². The number of rotatable bonds is 5. The predicted octanol–water partition coefficient (Wildman–Crippen LogP) is 3.93. The fourth-order valence-electron chi connectivity index (χ4n) is 2.49. The maximum Gasteiger partial charge on any atom is 0.423 e. The molecular formula is C15H17F3N2O3S. The standard InChI is InChI=1S/C15H17F3N2O3S/c1-14(21,3-4-24-2)10-5-9-6-13(20(22)23)11(15(16,17)18)7-12(9)19-8-10/h5-7,19,21H,3-4,8H2,1-2H3. The molecule has 1 aliphatic heterocycles. The van der Waals surface area contributed by atoms with Crippen LogP contribution in [0.15, 0.2) is 17.7 Å². The molecule has 9 heteroatoms. The van der Waals surface area contributed by atoms with Crippen molar-refractivity contribution in [1.82, 2.24) is 0 Å². The predicted molar refractivity (Wildman–Crippen MR) is 88.2 cm³/mol. The van der Waals surface area contributed by atoms with Crippen LogP contribution in [-0.2, 0) is 6.18 Å². The number of nitro groups is 1. The van der Waals surface area contributed by atoms with Crippen LogP contribution >= 0.6 is 11.8 Å². The first-order valence-corrected chi connectivity index (χ1v) is 8.51. The molecule has 0 spiro atoms. The van der Waals surface area contributed by atoms with Crippen molar-refractivity contribution in [3.8, 4) is 0 Å². The van der Waals surface area contributed by atoms with E-state index in [1.54, 1.807) is 18.7 Å². The van der Waals surface area contributed by atoms with Crippen molar-refractivity contribution in [2.45, 2.75) is 25.1 Å². The van der Waals surface area contributed by atoms with Crippen LogP contribution in [0.1, 0.15) is 24.5 Å². The largest absolute Gasteiger partial charge is 0.423 e. The number of benzene rings is 1. The number of hydrogen-bond donors (Lipinski definition) is 2. The van der Waals surface area contributed by atoms with E-state index >= 15 is 0 Å². The van der Waals surface area contributed by atoms with Gasteiger partial charge in [-0.05, 0) is 43.1 Å². The summed E-state index contributed by atoms with van der Waals surface area (Å²) >= 11 is 1.57. The second-order valence-corrected chi connectivity index (χ2v) is 6.74. The molecule has 0 aliphatic carbocycles. The third-order valence-corrected chi connectivity index (χ3v) is 4.57. The second kappa shape index (κ2) is 6.64. The van der Waals surface area contributed by atoms with Gasteiger partial charge < -0.3 is 10.4 Å². The molecule has 1 atom stereocenters. The summed E-state index contributed by atoms with van der Waals surface area (Å²) in [6.07, 6.45) is -0.910. The van der Waals surface area contributed by atoms with E-state index in [0.717, 1.165) is 12.1 Å². The van der Waals surface area contributed by atoms with Gasteiger partial charge in [0, 0.05) is 23.9 Å². The molecule has 0 aromatic heterocycles. The zero-order valence-corrected chi connectivity index (χ0v) is 13.9. The SMILES string of the molecule is CSCCC(C)(O)C1=Cc2cc([N+](=O)[O-])c(C(F)(F)F)cc2NC1. The van der Waals surface area contributed by atoms with Crippen molar-refractivity contribution < 1.29 is 23.2 Å². The summed E-state index contributed by atoms with van der Waals surface area (Å²) in [5.74, 6) is 0.713. The van der Waals surface area contributed by atoms with Crippen molar-refractivity contribution in [2.75, 3.05) is 23.9 Å². The molecule has 2 N–H and O–H groups in total. The Bertz CT molecular complexity index is 687. The summed E-state index contributed by atoms with van der Waals surface area (Å²) < 4.78 is 39.0. The van der Waals surface area contributed by atoms with Crippen molar-refractivity contribution in [1.29, 1.82) is 0 Å². The Balaban J connectivity index is 2.48. The van der Waals surface area contributed by atoms with Crippen LogP contribution in [0.5, 0.6) is 0 Å². The Labute approximate surface area is 141 Å². The van der Waals surface area contributed by atoms with Crippen molar-refractivity contribution in [2.24, 2.45) is 0 Å². The Morgan fingerprint density at radius 2 is 2.08 bits per heavy atom. The lowest BCUT2D eigenvalue weighted by atomic mass is 9.88. The fourth-order valence-corrected chi connectivity index (χ4v) is 3.09. The third kappa shape index (κ3) is 3.84. The van der Waals surface area contributed by atoms with Crippen LogP contribution < -0.4 is 5.32 Å². The summed E-state index contributed by atoms with van der Waals surface area (Å²) in [6.45, 7) is 1.81. The molecule has 2 rings (SSSR count). The van der Waals surface area contributed by atoms with Crippen molar-refractivity contribution >= 4 is 29.2 Å². The van der Waals surface area contributed by atoms with Gasteiger partial charge in [0.05, 0.1) is 10.5 Å². The molecule has 1 aromatic rings. The first kappa shape index (κ1) is 18.6. The number of anilines is 1. The number of nitrogens with zero attached hydrogens (tertiary/aromatic N) is 1. The molecular weight excluding hydrogens is 345 g/mol. The molecule has 1 unspecified atom stereocenters. The summed E-state index contributed by atoms with van der Waals surface area (Å²) in [6, 6.07) is 1.65. The number of alkyl halides is 3. The summed E-state index contributed by atoms with van der Waals surface area (Å²) in [5.41, 5.74) is -2.41. The van der Waals surface area contributed by atoms with E-state index in [0.29, 0.717) is 17.7 Å². The zero-order chi connectivity index (χ0) is 18.1. The van der Waals surface area contributed by atoms with Gasteiger partial charge in [0.2, 0.25) is 0 Å². The first-order valence-electron chi connectivity index (χ1n) is 7.12. The molecule has 1 aromatic carbocycles. The van der Waals surface area contributed by atoms with E-state index in [1.165, 1.54) is 6.08 Å². The molecule has 1 aliphatic rings. The fraction of sp³-hybridized carbons (Fsp3) is 0.467. The van der Waals surface area contributed by atoms with Crippen LogP contribution in [0.2, 0.25) is 0 Å². The van der Waals surface area contributed by atoms with Crippen molar-refractivity contribution in [3.63, 3.8) is 0 Å². The molecule has 132 valence electrons. The molecule has 0 radical (unpaired) electrons. The Kier molecular flexibility index (Phi) is 5.14. The maximum atomic E-state index is 13.0. The third-order valence-electron chi connectivity index (χ3n) is 3.95. The van der Waals surface area contributed by atoms with Gasteiger partial charge in [-0.25, -0.2) is 0 Å². The van der Waals surface area contributed by atoms with Gasteiger partial charge in [0.25, 0.3) is 5.69 Å². The smallest absolute Gasteiger partial charge is 0.386 e. The molecule has 0 bridgehead atoms. The van der Waals surface area contributed by atoms with Crippen LogP contribution in [0.4, 0.5) is 24.5 Å². The normalized spacial score (nSPS) is 16.7. The molecule has 1 heterocycles. The van der Waals surface area contributed by atoms with Gasteiger partial charge in [0.1, 0.15) is 5.56 Å². The molecule has 0 fully saturated rings. The number of fused-ring (bicyclic) bond motifs is 1. The van der Waals surface area contributed by atoms with E-state index in [1.807, 2.05) is 6.26 Å². The summed E-state index contributed by atoms with van der Waals surface area (Å²) in [5, 5.41) is 24.3. The Morgan fingerprint density at radius 3 is 2.62 bits per heavy atom. The quantitative estimate of drug-likeness (QED) is 0.613. The van der Waals surface area contributed by atoms with Gasteiger partial charge in [-0.3, -0.25) is 10.1 Å². The molecule has 0 saturated heterocycles. The summed E-state index contributed by atoms with van der Waals surface area (Å²) in [7, 11) is 0. The van der Waals surface area contributed by atoms with E-state index in [2.05, 4.69) is 5.32 Å². The van der Waals surface area contributed by atoms with E-state index < -0.39 is 28.0 Å². The maximum absolute atomic E-state index is 13.0. The second-order valence-electron chi connectivity index (χ2n) is 5.75. The number of thioether (sulfide) groups is 1.